The number of aliphatic hydroxyl groups is 3. The first kappa shape index (κ1) is 23.9. The normalized spacial score (nSPS) is 36.9. The summed E-state index contributed by atoms with van der Waals surface area (Å²) in [4.78, 5) is 17.0. The quantitative estimate of drug-likeness (QED) is 0.541. The molecule has 4 N–H and O–H groups in total. The molecule has 3 heterocycles. The predicted molar refractivity (Wildman–Crippen MR) is 123 cm³/mol. The number of nitrogens with one attached hydrogen (secondary N) is 1. The maximum atomic E-state index is 12.9. The number of aromatic nitrogens is 1. The van der Waals surface area contributed by atoms with Gasteiger partial charge in [0.15, 0.2) is 0 Å². The van der Waals surface area contributed by atoms with Crippen molar-refractivity contribution in [2.24, 2.45) is 11.8 Å². The van der Waals surface area contributed by atoms with Crippen molar-refractivity contribution in [3.05, 3.63) is 46.6 Å². The van der Waals surface area contributed by atoms with E-state index < -0.39 is 41.0 Å². The Morgan fingerprint density at radius 1 is 1.21 bits per heavy atom. The molecular formula is C25H34N2O6. The van der Waals surface area contributed by atoms with Crippen molar-refractivity contribution in [2.75, 3.05) is 7.05 Å². The first-order valence-electron chi connectivity index (χ1n) is 11.6. The first-order chi connectivity index (χ1) is 15.6. The highest BCUT2D eigenvalue weighted by molar-refractivity contribution is 5.58. The van der Waals surface area contributed by atoms with Gasteiger partial charge in [0.25, 0.3) is 0 Å². The minimum atomic E-state index is -1.16. The lowest BCUT2D eigenvalue weighted by atomic mass is 9.67. The number of fused-ring (bicyclic) bond motifs is 2. The Labute approximate surface area is 193 Å². The van der Waals surface area contributed by atoms with E-state index in [1.807, 2.05) is 20.9 Å². The molecule has 180 valence electrons. The summed E-state index contributed by atoms with van der Waals surface area (Å²) in [6.45, 7) is 5.75. The van der Waals surface area contributed by atoms with Gasteiger partial charge >= 0.3 is 5.63 Å². The lowest BCUT2D eigenvalue weighted by molar-refractivity contribution is -0.148. The Morgan fingerprint density at radius 3 is 2.64 bits per heavy atom. The van der Waals surface area contributed by atoms with E-state index in [9.17, 15) is 20.1 Å². The van der Waals surface area contributed by atoms with E-state index in [-0.39, 0.29) is 23.0 Å². The fraction of sp³-hybridized carbons (Fsp3) is 0.600. The monoisotopic (exact) mass is 458 g/mol. The molecule has 7 atom stereocenters. The topological polar surface area (TPSA) is 125 Å². The van der Waals surface area contributed by atoms with Crippen LogP contribution in [-0.2, 0) is 0 Å². The molecule has 1 fully saturated rings. The molecule has 1 aliphatic carbocycles. The van der Waals surface area contributed by atoms with Gasteiger partial charge in [0.1, 0.15) is 22.7 Å². The Bertz CT molecular complexity index is 1040. The summed E-state index contributed by atoms with van der Waals surface area (Å²) >= 11 is 0. The number of pyridine rings is 1. The Hall–Kier alpha value is -2.26. The first-order valence-corrected chi connectivity index (χ1v) is 11.6. The Kier molecular flexibility index (Phi) is 6.39. The van der Waals surface area contributed by atoms with Crippen molar-refractivity contribution in [3.8, 4) is 17.1 Å². The highest BCUT2D eigenvalue weighted by Gasteiger charge is 2.54. The molecule has 0 saturated heterocycles. The third kappa shape index (κ3) is 4.10. The molecular weight excluding hydrogens is 424 g/mol. The smallest absolute Gasteiger partial charge is 0.345 e. The molecule has 0 aromatic carbocycles. The Morgan fingerprint density at radius 2 is 1.97 bits per heavy atom. The zero-order valence-electron chi connectivity index (χ0n) is 19.6. The average molecular weight is 459 g/mol. The van der Waals surface area contributed by atoms with Crippen LogP contribution in [0.1, 0.15) is 58.1 Å². The number of aliphatic hydroxyl groups excluding tert-OH is 3. The van der Waals surface area contributed by atoms with Gasteiger partial charge in [0.2, 0.25) is 0 Å². The van der Waals surface area contributed by atoms with Crippen LogP contribution in [0.25, 0.3) is 11.3 Å². The molecule has 0 radical (unpaired) electrons. The van der Waals surface area contributed by atoms with Crippen LogP contribution in [0.15, 0.2) is 39.8 Å². The van der Waals surface area contributed by atoms with E-state index in [0.29, 0.717) is 31.2 Å². The number of ether oxygens (including phenoxy) is 1. The van der Waals surface area contributed by atoms with Gasteiger partial charge in [0.05, 0.1) is 18.3 Å². The summed E-state index contributed by atoms with van der Waals surface area (Å²) in [7, 11) is 1.82. The third-order valence-electron chi connectivity index (χ3n) is 8.09. The van der Waals surface area contributed by atoms with E-state index in [1.54, 1.807) is 37.5 Å². The van der Waals surface area contributed by atoms with E-state index in [4.69, 9.17) is 9.15 Å². The van der Waals surface area contributed by atoms with Crippen molar-refractivity contribution in [2.45, 2.75) is 75.9 Å². The molecule has 2 aromatic rings. The largest absolute Gasteiger partial charge is 0.484 e. The highest BCUT2D eigenvalue weighted by Crippen LogP contribution is 2.49. The highest BCUT2D eigenvalue weighted by atomic mass is 16.5. The van der Waals surface area contributed by atoms with Gasteiger partial charge in [0, 0.05) is 41.4 Å². The summed E-state index contributed by atoms with van der Waals surface area (Å²) in [5, 5.41) is 36.8. The summed E-state index contributed by atoms with van der Waals surface area (Å²) in [5.74, 6) is -0.157. The zero-order chi connectivity index (χ0) is 24.0. The van der Waals surface area contributed by atoms with Gasteiger partial charge in [-0.3, -0.25) is 4.98 Å². The molecule has 1 saturated carbocycles. The van der Waals surface area contributed by atoms with Gasteiger partial charge in [-0.2, -0.15) is 0 Å². The lowest BCUT2D eigenvalue weighted by Crippen LogP contribution is -2.61. The fourth-order valence-electron chi connectivity index (χ4n) is 5.41. The lowest BCUT2D eigenvalue weighted by Gasteiger charge is -2.50. The summed E-state index contributed by atoms with van der Waals surface area (Å²) in [6.07, 6.45) is 2.47. The second kappa shape index (κ2) is 8.83. The maximum Gasteiger partial charge on any atom is 0.345 e. The number of nitrogens with zero attached hydrogens (tertiary/aromatic N) is 1. The molecule has 0 amide bonds. The standard InChI is InChI=1S/C25H34N2O6/c1-14-17(28)9-5-8-16-22(30)21-19(33-25(16,3)20(29)12-24(14,2)26-4)11-18(32-23(21)31)15-7-6-10-27-13-15/h6-7,10-11,13-14,16-17,20,22,26,28-30H,5,8-9,12H2,1-4H3/t14-,16-,17-,20-,22+,24+,25-/m0/s1. The van der Waals surface area contributed by atoms with Gasteiger partial charge in [-0.15, -0.1) is 0 Å². The molecule has 33 heavy (non-hydrogen) atoms. The van der Waals surface area contributed by atoms with E-state index in [0.717, 1.165) is 0 Å². The van der Waals surface area contributed by atoms with E-state index in [1.165, 1.54) is 0 Å². The van der Waals surface area contributed by atoms with Gasteiger partial charge in [-0.25, -0.2) is 4.79 Å². The number of rotatable bonds is 2. The van der Waals surface area contributed by atoms with Crippen LogP contribution < -0.4 is 15.7 Å². The maximum absolute atomic E-state index is 12.9. The molecule has 2 aromatic heterocycles. The van der Waals surface area contributed by atoms with Crippen molar-refractivity contribution in [3.63, 3.8) is 0 Å². The number of hydrogen-bond acceptors (Lipinski definition) is 8. The molecule has 0 unspecified atom stereocenters. The second-order valence-electron chi connectivity index (χ2n) is 9.93. The van der Waals surface area contributed by atoms with Crippen LogP contribution in [0, 0.1) is 11.8 Å². The van der Waals surface area contributed by atoms with Gasteiger partial charge in [-0.05, 0) is 52.3 Å². The molecule has 1 aliphatic heterocycles. The second-order valence-corrected chi connectivity index (χ2v) is 9.93. The molecule has 0 bridgehead atoms. The van der Waals surface area contributed by atoms with E-state index in [2.05, 4.69) is 10.3 Å². The summed E-state index contributed by atoms with van der Waals surface area (Å²) in [5.41, 5.74) is -1.69. The number of hydrogen-bond donors (Lipinski definition) is 4. The minimum absolute atomic E-state index is 0.0691. The predicted octanol–water partition coefficient (Wildman–Crippen LogP) is 2.41. The summed E-state index contributed by atoms with van der Waals surface area (Å²) in [6, 6.07) is 5.10. The molecule has 4 rings (SSSR count). The van der Waals surface area contributed by atoms with Crippen molar-refractivity contribution >= 4 is 0 Å². The van der Waals surface area contributed by atoms with Crippen molar-refractivity contribution in [1.29, 1.82) is 0 Å². The van der Waals surface area contributed by atoms with Crippen LogP contribution in [-0.4, -0.2) is 50.7 Å². The SMILES string of the molecule is CN[C@]1(C)C[C@H](O)[C@@]2(C)Oc3cc(-c4cccnc4)oc(=O)c3[C@H](O)[C@@H]2CCC[C@H](O)[C@@H]1C. The molecule has 8 nitrogen and oxygen atoms in total. The minimum Gasteiger partial charge on any atom is -0.484 e. The van der Waals surface area contributed by atoms with Crippen LogP contribution in [0.3, 0.4) is 0 Å². The van der Waals surface area contributed by atoms with Gasteiger partial charge < -0.3 is 29.8 Å². The third-order valence-corrected chi connectivity index (χ3v) is 8.09. The zero-order valence-corrected chi connectivity index (χ0v) is 19.6. The van der Waals surface area contributed by atoms with Crippen LogP contribution in [0.4, 0.5) is 0 Å². The van der Waals surface area contributed by atoms with Gasteiger partial charge in [-0.1, -0.05) is 13.3 Å². The van der Waals surface area contributed by atoms with Crippen LogP contribution >= 0.6 is 0 Å². The molecule has 0 spiro atoms. The molecule has 2 aliphatic rings. The van der Waals surface area contributed by atoms with Crippen LogP contribution in [0.5, 0.6) is 5.75 Å². The van der Waals surface area contributed by atoms with Crippen LogP contribution in [0.2, 0.25) is 0 Å². The van der Waals surface area contributed by atoms with Crippen molar-refractivity contribution < 1.29 is 24.5 Å². The van der Waals surface area contributed by atoms with Crippen molar-refractivity contribution in [1.82, 2.24) is 10.3 Å². The average Bonchev–Trinajstić information content (AvgIpc) is 2.79. The summed E-state index contributed by atoms with van der Waals surface area (Å²) < 4.78 is 11.9. The Balaban J connectivity index is 1.79. The molecule has 8 heteroatoms. The fourth-order valence-corrected chi connectivity index (χ4v) is 5.41. The van der Waals surface area contributed by atoms with E-state index >= 15 is 0 Å².